The Morgan fingerprint density at radius 1 is 1.07 bits per heavy atom. The Labute approximate surface area is 185 Å². The third kappa shape index (κ3) is 4.69. The Hall–Kier alpha value is -2.35. The molecule has 4 rings (SSSR count). The van der Waals surface area contributed by atoms with E-state index in [1.807, 2.05) is 77.9 Å². The molecule has 0 aliphatic carbocycles. The first-order valence-electron chi connectivity index (χ1n) is 9.84. The molecule has 1 saturated heterocycles. The van der Waals surface area contributed by atoms with Crippen molar-refractivity contribution in [3.63, 3.8) is 0 Å². The zero-order valence-corrected chi connectivity index (χ0v) is 18.4. The number of benzene rings is 2. The average Bonchev–Trinajstić information content (AvgIpc) is 3.16. The van der Waals surface area contributed by atoms with E-state index in [0.29, 0.717) is 34.8 Å². The van der Waals surface area contributed by atoms with Crippen molar-refractivity contribution in [2.75, 3.05) is 18.8 Å². The maximum absolute atomic E-state index is 12.8. The minimum atomic E-state index is 0.0483. The first kappa shape index (κ1) is 20.9. The fourth-order valence-corrected chi connectivity index (χ4v) is 4.54. The second-order valence-corrected chi connectivity index (χ2v) is 8.71. The number of hydrogen-bond donors (Lipinski definition) is 0. The van der Waals surface area contributed by atoms with E-state index >= 15 is 0 Å². The van der Waals surface area contributed by atoms with Crippen LogP contribution < -0.4 is 0 Å². The number of rotatable bonds is 5. The van der Waals surface area contributed by atoms with Crippen molar-refractivity contribution in [3.8, 4) is 17.1 Å². The Bertz CT molecular complexity index is 1000. The molecule has 0 radical (unpaired) electrons. The molecular formula is C22H23ClN4O2S. The molecule has 156 valence electrons. The van der Waals surface area contributed by atoms with Gasteiger partial charge in [-0.05, 0) is 50.2 Å². The number of para-hydroxylation sites is 1. The fraction of sp³-hybridized carbons (Fsp3) is 0.318. The zero-order chi connectivity index (χ0) is 21.1. The first-order valence-corrected chi connectivity index (χ1v) is 11.2. The maximum atomic E-state index is 12.8. The molecule has 0 saturated carbocycles. The Balaban J connectivity index is 1.59. The van der Waals surface area contributed by atoms with Crippen LogP contribution in [-0.2, 0) is 9.53 Å². The summed E-state index contributed by atoms with van der Waals surface area (Å²) in [4.78, 5) is 14.7. The van der Waals surface area contributed by atoms with Crippen LogP contribution in [0.1, 0.15) is 13.8 Å². The molecule has 0 N–H and O–H groups in total. The highest BCUT2D eigenvalue weighted by Crippen LogP contribution is 2.29. The van der Waals surface area contributed by atoms with Crippen molar-refractivity contribution in [1.29, 1.82) is 0 Å². The van der Waals surface area contributed by atoms with Crippen molar-refractivity contribution in [3.05, 3.63) is 59.6 Å². The maximum Gasteiger partial charge on any atom is 0.233 e. The molecule has 2 unspecified atom stereocenters. The molecule has 2 aromatic carbocycles. The monoisotopic (exact) mass is 442 g/mol. The first-order chi connectivity index (χ1) is 14.5. The van der Waals surface area contributed by atoms with Crippen LogP contribution in [0.4, 0.5) is 0 Å². The van der Waals surface area contributed by atoms with Gasteiger partial charge in [-0.3, -0.25) is 9.36 Å². The average molecular weight is 443 g/mol. The lowest BCUT2D eigenvalue weighted by Crippen LogP contribution is -2.48. The van der Waals surface area contributed by atoms with Gasteiger partial charge in [-0.2, -0.15) is 0 Å². The number of amides is 1. The number of carbonyl (C=O) groups excluding carboxylic acids is 1. The van der Waals surface area contributed by atoms with E-state index in [-0.39, 0.29) is 18.1 Å². The van der Waals surface area contributed by atoms with Gasteiger partial charge in [0, 0.05) is 29.4 Å². The van der Waals surface area contributed by atoms with Gasteiger partial charge in [-0.25, -0.2) is 0 Å². The third-order valence-electron chi connectivity index (χ3n) is 4.85. The second kappa shape index (κ2) is 9.20. The van der Waals surface area contributed by atoms with Gasteiger partial charge >= 0.3 is 0 Å². The number of morpholine rings is 1. The minimum Gasteiger partial charge on any atom is -0.372 e. The quantitative estimate of drug-likeness (QED) is 0.551. The zero-order valence-electron chi connectivity index (χ0n) is 16.9. The summed E-state index contributed by atoms with van der Waals surface area (Å²) in [6.07, 6.45) is 0.0966. The van der Waals surface area contributed by atoms with E-state index < -0.39 is 0 Å². The molecular weight excluding hydrogens is 420 g/mol. The Morgan fingerprint density at radius 3 is 2.40 bits per heavy atom. The minimum absolute atomic E-state index is 0.0483. The summed E-state index contributed by atoms with van der Waals surface area (Å²) >= 11 is 7.44. The van der Waals surface area contributed by atoms with E-state index in [2.05, 4.69) is 10.2 Å². The molecule has 30 heavy (non-hydrogen) atoms. The summed E-state index contributed by atoms with van der Waals surface area (Å²) in [6, 6.07) is 17.4. The molecule has 0 bridgehead atoms. The van der Waals surface area contributed by atoms with Gasteiger partial charge in [0.15, 0.2) is 11.0 Å². The van der Waals surface area contributed by atoms with Gasteiger partial charge in [0.2, 0.25) is 5.91 Å². The van der Waals surface area contributed by atoms with Crippen molar-refractivity contribution in [2.45, 2.75) is 31.2 Å². The largest absolute Gasteiger partial charge is 0.372 e. The fourth-order valence-electron chi connectivity index (χ4n) is 3.56. The SMILES string of the molecule is CC1CN(C(=O)CSc2nnc(-c3ccc(Cl)cc3)n2-c2ccccc2)CC(C)O1. The smallest absolute Gasteiger partial charge is 0.233 e. The lowest BCUT2D eigenvalue weighted by molar-refractivity contribution is -0.140. The number of thioether (sulfide) groups is 1. The number of aromatic nitrogens is 3. The standard InChI is InChI=1S/C22H23ClN4O2S/c1-15-12-26(13-16(2)29-15)20(28)14-30-22-25-24-21(17-8-10-18(23)11-9-17)27(22)19-6-4-3-5-7-19/h3-11,15-16H,12-14H2,1-2H3. The molecule has 2 atom stereocenters. The Kier molecular flexibility index (Phi) is 6.41. The molecule has 3 aromatic rings. The van der Waals surface area contributed by atoms with Gasteiger partial charge in [-0.1, -0.05) is 41.6 Å². The predicted molar refractivity (Wildman–Crippen MR) is 119 cm³/mol. The van der Waals surface area contributed by atoms with Crippen LogP contribution in [0.2, 0.25) is 5.02 Å². The lowest BCUT2D eigenvalue weighted by Gasteiger charge is -2.35. The number of halogens is 1. The van der Waals surface area contributed by atoms with E-state index in [1.54, 1.807) is 0 Å². The summed E-state index contributed by atoms with van der Waals surface area (Å²) < 4.78 is 7.71. The van der Waals surface area contributed by atoms with Gasteiger partial charge in [-0.15, -0.1) is 10.2 Å². The normalized spacial score (nSPS) is 19.1. The summed E-state index contributed by atoms with van der Waals surface area (Å²) in [5.74, 6) is 1.09. The van der Waals surface area contributed by atoms with E-state index in [9.17, 15) is 4.79 Å². The van der Waals surface area contributed by atoms with E-state index in [0.717, 1.165) is 11.3 Å². The number of carbonyl (C=O) groups is 1. The number of ether oxygens (including phenoxy) is 1. The molecule has 1 aliphatic rings. The highest BCUT2D eigenvalue weighted by molar-refractivity contribution is 7.99. The Morgan fingerprint density at radius 2 is 1.73 bits per heavy atom. The lowest BCUT2D eigenvalue weighted by atomic mass is 10.2. The van der Waals surface area contributed by atoms with Crippen molar-refractivity contribution in [2.24, 2.45) is 0 Å². The van der Waals surface area contributed by atoms with Crippen LogP contribution in [0, 0.1) is 0 Å². The van der Waals surface area contributed by atoms with Crippen molar-refractivity contribution < 1.29 is 9.53 Å². The van der Waals surface area contributed by atoms with Gasteiger partial charge in [0.05, 0.1) is 18.0 Å². The van der Waals surface area contributed by atoms with Crippen LogP contribution in [0.15, 0.2) is 59.8 Å². The van der Waals surface area contributed by atoms with Crippen LogP contribution in [0.3, 0.4) is 0 Å². The van der Waals surface area contributed by atoms with Crippen molar-refractivity contribution in [1.82, 2.24) is 19.7 Å². The molecule has 1 fully saturated rings. The number of hydrogen-bond acceptors (Lipinski definition) is 5. The number of nitrogens with zero attached hydrogens (tertiary/aromatic N) is 4. The molecule has 1 amide bonds. The molecule has 1 aromatic heterocycles. The highest BCUT2D eigenvalue weighted by Gasteiger charge is 2.26. The van der Waals surface area contributed by atoms with Crippen LogP contribution >= 0.6 is 23.4 Å². The third-order valence-corrected chi connectivity index (χ3v) is 6.01. The summed E-state index contributed by atoms with van der Waals surface area (Å²) in [5, 5.41) is 10.1. The van der Waals surface area contributed by atoms with E-state index in [4.69, 9.17) is 16.3 Å². The summed E-state index contributed by atoms with van der Waals surface area (Å²) in [7, 11) is 0. The molecule has 2 heterocycles. The van der Waals surface area contributed by atoms with Gasteiger partial charge in [0.25, 0.3) is 0 Å². The van der Waals surface area contributed by atoms with Crippen LogP contribution in [0.5, 0.6) is 0 Å². The predicted octanol–water partition coefficient (Wildman–Crippen LogP) is 4.32. The van der Waals surface area contributed by atoms with Crippen molar-refractivity contribution >= 4 is 29.3 Å². The van der Waals surface area contributed by atoms with Crippen LogP contribution in [-0.4, -0.2) is 56.6 Å². The van der Waals surface area contributed by atoms with E-state index in [1.165, 1.54) is 11.8 Å². The second-order valence-electron chi connectivity index (χ2n) is 7.33. The topological polar surface area (TPSA) is 60.2 Å². The summed E-state index contributed by atoms with van der Waals surface area (Å²) in [6.45, 7) is 5.22. The summed E-state index contributed by atoms with van der Waals surface area (Å²) in [5.41, 5.74) is 1.85. The van der Waals surface area contributed by atoms with Crippen LogP contribution in [0.25, 0.3) is 17.1 Å². The molecule has 6 nitrogen and oxygen atoms in total. The van der Waals surface area contributed by atoms with Gasteiger partial charge in [0.1, 0.15) is 0 Å². The molecule has 8 heteroatoms. The molecule has 1 aliphatic heterocycles. The van der Waals surface area contributed by atoms with Gasteiger partial charge < -0.3 is 9.64 Å². The highest BCUT2D eigenvalue weighted by atomic mass is 35.5. The molecule has 0 spiro atoms.